The zero-order valence-electron chi connectivity index (χ0n) is 21.4. The Morgan fingerprint density at radius 3 is 2.69 bits per heavy atom. The van der Waals surface area contributed by atoms with Crippen molar-refractivity contribution in [1.82, 2.24) is 18.8 Å². The lowest BCUT2D eigenvalue weighted by Gasteiger charge is -2.31. The number of fused-ring (bicyclic) bond motifs is 1. The van der Waals surface area contributed by atoms with Crippen molar-refractivity contribution in [3.63, 3.8) is 0 Å². The Labute approximate surface area is 190 Å². The summed E-state index contributed by atoms with van der Waals surface area (Å²) in [5, 5.41) is 13.8. The molecule has 1 aliphatic carbocycles. The fraction of sp³-hybridized carbons (Fsp3) is 0.650. The molecule has 0 unspecified atom stereocenters. The average molecular weight is 476 g/mol. The Hall–Kier alpha value is -2.18. The number of anilines is 1. The summed E-state index contributed by atoms with van der Waals surface area (Å²) in [5.74, 6) is -0.0831. The average Bonchev–Trinajstić information content (AvgIpc) is 3.11. The fourth-order valence-corrected chi connectivity index (χ4v) is 5.13. The lowest BCUT2D eigenvalue weighted by atomic mass is 9.99. The van der Waals surface area contributed by atoms with E-state index in [9.17, 15) is 27.1 Å². The van der Waals surface area contributed by atoms with Gasteiger partial charge in [-0.25, -0.2) is 26.5 Å². The summed E-state index contributed by atoms with van der Waals surface area (Å²) in [7, 11) is -4.53. The van der Waals surface area contributed by atoms with E-state index in [1.807, 2.05) is 0 Å². The van der Waals surface area contributed by atoms with Crippen LogP contribution in [-0.2, 0) is 10.0 Å². The summed E-state index contributed by atoms with van der Waals surface area (Å²) >= 11 is 0. The number of hydrogen-bond acceptors (Lipinski definition) is 7. The van der Waals surface area contributed by atoms with Gasteiger partial charge in [0.15, 0.2) is 0 Å². The van der Waals surface area contributed by atoms with Crippen molar-refractivity contribution < 1.29 is 27.8 Å². The Morgan fingerprint density at radius 2 is 2.09 bits per heavy atom. The van der Waals surface area contributed by atoms with Crippen molar-refractivity contribution in [2.24, 2.45) is 0 Å². The van der Waals surface area contributed by atoms with E-state index in [-0.39, 0.29) is 42.9 Å². The molecule has 1 saturated carbocycles. The number of hydrogen-bond donors (Lipinski definition) is 2. The van der Waals surface area contributed by atoms with Gasteiger partial charge >= 0.3 is 0 Å². The molecule has 4 rings (SSSR count). The quantitative estimate of drug-likeness (QED) is 0.680. The number of halogens is 2. The highest BCUT2D eigenvalue weighted by Gasteiger charge is 2.40. The molecule has 9 nitrogen and oxygen atoms in total. The maximum absolute atomic E-state index is 13.6. The molecule has 0 bridgehead atoms. The third-order valence-corrected chi connectivity index (χ3v) is 7.23. The molecule has 2 fully saturated rings. The topological polar surface area (TPSA) is 117 Å². The normalized spacial score (nSPS) is 28.8. The molecule has 0 radical (unpaired) electrons. The zero-order valence-corrected chi connectivity index (χ0v) is 18.2. The molecule has 0 spiro atoms. The van der Waals surface area contributed by atoms with Crippen LogP contribution in [0.5, 0.6) is 0 Å². The van der Waals surface area contributed by atoms with Gasteiger partial charge in [0.2, 0.25) is 16.0 Å². The zero-order chi connectivity index (χ0) is 26.7. The number of aromatic nitrogens is 3. The number of rotatable bonds is 5. The first kappa shape index (κ1) is 18.3. The maximum Gasteiger partial charge on any atom is 0.269 e. The lowest BCUT2D eigenvalue weighted by Crippen LogP contribution is -2.42. The van der Waals surface area contributed by atoms with Gasteiger partial charge in [0.05, 0.1) is 24.8 Å². The first-order valence-corrected chi connectivity index (χ1v) is 11.7. The number of piperidine rings is 1. The summed E-state index contributed by atoms with van der Waals surface area (Å²) < 4.78 is 83.9. The van der Waals surface area contributed by atoms with Gasteiger partial charge in [-0.05, 0) is 45.1 Å². The van der Waals surface area contributed by atoms with Crippen molar-refractivity contribution >= 4 is 27.0 Å². The number of alkyl halides is 2. The molecule has 176 valence electrons. The van der Waals surface area contributed by atoms with Crippen LogP contribution in [0.2, 0.25) is 0 Å². The fourth-order valence-electron chi connectivity index (χ4n) is 4.46. The Morgan fingerprint density at radius 1 is 1.38 bits per heavy atom. The smallest absolute Gasteiger partial charge is 0.269 e. The predicted molar refractivity (Wildman–Crippen MR) is 115 cm³/mol. The monoisotopic (exact) mass is 475 g/mol. The van der Waals surface area contributed by atoms with Gasteiger partial charge in [-0.15, -0.1) is 0 Å². The SMILES string of the molecule is [2H]C1(Nc2ncc3cc(C(F)F)c(=O)n([C@@H]4CCC[C@@]4(C)O)c3n2)CCN(S(=O)(=O)C([2H])([2H])[2H])CC1. The second-order valence-corrected chi connectivity index (χ2v) is 9.91. The summed E-state index contributed by atoms with van der Waals surface area (Å²) in [6, 6.07) is -1.21. The van der Waals surface area contributed by atoms with E-state index >= 15 is 0 Å². The third kappa shape index (κ3) is 4.35. The van der Waals surface area contributed by atoms with Crippen molar-refractivity contribution in [3.05, 3.63) is 28.2 Å². The van der Waals surface area contributed by atoms with Crippen molar-refractivity contribution in [2.45, 2.75) is 63.1 Å². The minimum absolute atomic E-state index is 0.0279. The molecule has 1 saturated heterocycles. The molecule has 0 aromatic carbocycles. The number of nitrogens with one attached hydrogen (secondary N) is 1. The number of sulfonamides is 1. The largest absolute Gasteiger partial charge is 0.388 e. The first-order chi connectivity index (χ1) is 16.6. The second-order valence-electron chi connectivity index (χ2n) is 8.45. The van der Waals surface area contributed by atoms with E-state index in [4.69, 9.17) is 5.48 Å². The van der Waals surface area contributed by atoms with E-state index in [2.05, 4.69) is 15.3 Å². The van der Waals surface area contributed by atoms with Crippen LogP contribution < -0.4 is 10.9 Å². The minimum atomic E-state index is -4.53. The molecule has 2 atom stereocenters. The third-order valence-electron chi connectivity index (χ3n) is 6.18. The van der Waals surface area contributed by atoms with Crippen LogP contribution in [0.15, 0.2) is 17.1 Å². The van der Waals surface area contributed by atoms with Crippen molar-refractivity contribution in [3.8, 4) is 0 Å². The minimum Gasteiger partial charge on any atom is -0.388 e. The standard InChI is InChI=1S/C20H27F2N5O4S/c1-20(29)7-3-4-15(20)27-17-12(10-14(16(21)22)18(27)28)11-23-19(25-17)24-13-5-8-26(9-6-13)32(2,30)31/h10-11,13,15-16,29H,3-9H2,1-2H3,(H,23,24,25)/t15-,20-/m1/s1/i2D3,13D. The molecule has 2 aliphatic rings. The molecule has 32 heavy (non-hydrogen) atoms. The van der Waals surface area contributed by atoms with Crippen LogP contribution in [0.4, 0.5) is 14.7 Å². The van der Waals surface area contributed by atoms with E-state index in [0.29, 0.717) is 19.3 Å². The van der Waals surface area contributed by atoms with E-state index < -0.39 is 51.4 Å². The molecular formula is C20H27F2N5O4S. The van der Waals surface area contributed by atoms with Gasteiger partial charge in [-0.2, -0.15) is 4.98 Å². The molecule has 2 aromatic heterocycles. The van der Waals surface area contributed by atoms with E-state index in [1.165, 1.54) is 13.1 Å². The highest BCUT2D eigenvalue weighted by atomic mass is 32.2. The highest BCUT2D eigenvalue weighted by molar-refractivity contribution is 7.88. The van der Waals surface area contributed by atoms with Crippen LogP contribution in [0.1, 0.15) is 62.5 Å². The highest BCUT2D eigenvalue weighted by Crippen LogP contribution is 2.39. The summed E-state index contributed by atoms with van der Waals surface area (Å²) in [4.78, 5) is 21.5. The van der Waals surface area contributed by atoms with Crippen LogP contribution in [-0.4, -0.2) is 63.3 Å². The molecule has 2 N–H and O–H groups in total. The van der Waals surface area contributed by atoms with Gasteiger partial charge < -0.3 is 10.4 Å². The Bertz CT molecular complexity index is 1330. The Kier molecular flexibility index (Phi) is 4.74. The molecule has 12 heteroatoms. The van der Waals surface area contributed by atoms with Gasteiger partial charge in [-0.3, -0.25) is 9.36 Å². The van der Waals surface area contributed by atoms with Crippen molar-refractivity contribution in [2.75, 3.05) is 24.6 Å². The second kappa shape index (κ2) is 8.31. The van der Waals surface area contributed by atoms with Gasteiger partial charge in [0, 0.05) is 34.8 Å². The van der Waals surface area contributed by atoms with E-state index in [1.54, 1.807) is 0 Å². The Balaban J connectivity index is 1.68. The molecule has 3 heterocycles. The van der Waals surface area contributed by atoms with Gasteiger partial charge in [0.1, 0.15) is 5.65 Å². The number of pyridine rings is 1. The maximum atomic E-state index is 13.6. The first-order valence-electron chi connectivity index (χ1n) is 12.3. The van der Waals surface area contributed by atoms with Crippen LogP contribution in [0.3, 0.4) is 0 Å². The van der Waals surface area contributed by atoms with Gasteiger partial charge in [0.25, 0.3) is 12.0 Å². The van der Waals surface area contributed by atoms with Gasteiger partial charge in [-0.1, -0.05) is 0 Å². The van der Waals surface area contributed by atoms with Crippen LogP contribution >= 0.6 is 0 Å². The van der Waals surface area contributed by atoms with Crippen LogP contribution in [0, 0.1) is 0 Å². The summed E-state index contributed by atoms with van der Waals surface area (Å²) in [5.41, 5.74) is -2.97. The summed E-state index contributed by atoms with van der Waals surface area (Å²) in [6.45, 7) is 1.12. The molecule has 0 amide bonds. The van der Waals surface area contributed by atoms with Crippen molar-refractivity contribution in [1.29, 1.82) is 0 Å². The predicted octanol–water partition coefficient (Wildman–Crippen LogP) is 2.04. The molecule has 1 aliphatic heterocycles. The van der Waals surface area contributed by atoms with Crippen LogP contribution in [0.25, 0.3) is 11.0 Å². The van der Waals surface area contributed by atoms with E-state index in [0.717, 1.165) is 14.9 Å². The lowest BCUT2D eigenvalue weighted by molar-refractivity contribution is 0.0261. The molecule has 2 aromatic rings. The molecular weight excluding hydrogens is 444 g/mol. The number of aliphatic hydroxyl groups is 1. The summed E-state index contributed by atoms with van der Waals surface area (Å²) in [6.07, 6.45) is -3.78. The number of nitrogens with zero attached hydrogens (tertiary/aromatic N) is 4.